The number of aliphatic hydroxyl groups excluding tert-OH is 1. The highest BCUT2D eigenvalue weighted by Gasteiger charge is 2.18. The molecule has 0 saturated heterocycles. The third-order valence-electron chi connectivity index (χ3n) is 3.35. The zero-order valence-corrected chi connectivity index (χ0v) is 9.54. The minimum Gasteiger partial charge on any atom is -0.396 e. The molecule has 1 saturated carbocycles. The lowest BCUT2D eigenvalue weighted by Crippen LogP contribution is -2.37. The number of hydrogen-bond donors (Lipinski definition) is 1. The summed E-state index contributed by atoms with van der Waals surface area (Å²) in [5.74, 6) is 0. The Bertz CT molecular complexity index is 132. The number of aliphatic hydroxyl groups is 1. The molecule has 1 rings (SSSR count). The summed E-state index contributed by atoms with van der Waals surface area (Å²) in [5.41, 5.74) is 0. The molecule has 0 amide bonds. The summed E-state index contributed by atoms with van der Waals surface area (Å²) < 4.78 is 0. The minimum absolute atomic E-state index is 0.349. The van der Waals surface area contributed by atoms with Gasteiger partial charge in [0.1, 0.15) is 0 Å². The molecule has 1 fully saturated rings. The Hall–Kier alpha value is -0.0800. The third-order valence-corrected chi connectivity index (χ3v) is 3.35. The maximum atomic E-state index is 8.74. The van der Waals surface area contributed by atoms with Gasteiger partial charge in [-0.15, -0.1) is 0 Å². The molecular formula is C12H25NO. The van der Waals surface area contributed by atoms with Crippen LogP contribution in [0.2, 0.25) is 0 Å². The van der Waals surface area contributed by atoms with Crippen molar-refractivity contribution in [2.45, 2.75) is 57.9 Å². The fraction of sp³-hybridized carbons (Fsp3) is 1.00. The van der Waals surface area contributed by atoms with Crippen LogP contribution in [0.15, 0.2) is 0 Å². The summed E-state index contributed by atoms with van der Waals surface area (Å²) in [5, 5.41) is 8.74. The zero-order chi connectivity index (χ0) is 10.2. The Kier molecular flexibility index (Phi) is 6.20. The predicted octanol–water partition coefficient (Wildman–Crippen LogP) is 2.41. The second kappa shape index (κ2) is 7.24. The molecule has 14 heavy (non-hydrogen) atoms. The van der Waals surface area contributed by atoms with E-state index >= 15 is 0 Å². The molecule has 0 bridgehead atoms. The van der Waals surface area contributed by atoms with E-state index in [1.165, 1.54) is 45.2 Å². The van der Waals surface area contributed by atoms with E-state index in [2.05, 4.69) is 11.8 Å². The largest absolute Gasteiger partial charge is 0.396 e. The van der Waals surface area contributed by atoms with Crippen LogP contribution in [-0.2, 0) is 0 Å². The Balaban J connectivity index is 2.21. The van der Waals surface area contributed by atoms with Crippen LogP contribution in [0.1, 0.15) is 51.9 Å². The van der Waals surface area contributed by atoms with Crippen molar-refractivity contribution < 1.29 is 5.11 Å². The first-order chi connectivity index (χ1) is 6.88. The summed E-state index contributed by atoms with van der Waals surface area (Å²) in [6.07, 6.45) is 9.18. The van der Waals surface area contributed by atoms with Crippen LogP contribution in [0.4, 0.5) is 0 Å². The molecule has 0 heterocycles. The topological polar surface area (TPSA) is 23.5 Å². The van der Waals surface area contributed by atoms with Gasteiger partial charge in [0.15, 0.2) is 0 Å². The van der Waals surface area contributed by atoms with E-state index < -0.39 is 0 Å². The molecule has 84 valence electrons. The number of hydrogen-bond acceptors (Lipinski definition) is 2. The van der Waals surface area contributed by atoms with Crippen molar-refractivity contribution in [3.63, 3.8) is 0 Å². The molecule has 0 aliphatic heterocycles. The van der Waals surface area contributed by atoms with Crippen molar-refractivity contribution in [3.05, 3.63) is 0 Å². The average Bonchev–Trinajstić information content (AvgIpc) is 2.26. The van der Waals surface area contributed by atoms with Gasteiger partial charge in [-0.25, -0.2) is 0 Å². The minimum atomic E-state index is 0.349. The van der Waals surface area contributed by atoms with E-state index in [0.29, 0.717) is 6.61 Å². The molecule has 0 atom stereocenters. The average molecular weight is 199 g/mol. The number of rotatable bonds is 6. The van der Waals surface area contributed by atoms with Gasteiger partial charge in [0, 0.05) is 12.6 Å². The van der Waals surface area contributed by atoms with Crippen molar-refractivity contribution in [2.24, 2.45) is 0 Å². The van der Waals surface area contributed by atoms with Crippen LogP contribution in [0.25, 0.3) is 0 Å². The van der Waals surface area contributed by atoms with Crippen molar-refractivity contribution in [1.82, 2.24) is 4.90 Å². The van der Waals surface area contributed by atoms with Gasteiger partial charge in [-0.05, 0) is 38.8 Å². The van der Waals surface area contributed by atoms with Gasteiger partial charge in [0.2, 0.25) is 0 Å². The SMILES string of the molecule is CCN(CCCCO)C1CCCCC1. The van der Waals surface area contributed by atoms with Crippen molar-refractivity contribution in [3.8, 4) is 0 Å². The van der Waals surface area contributed by atoms with Crippen LogP contribution >= 0.6 is 0 Å². The van der Waals surface area contributed by atoms with Crippen LogP contribution < -0.4 is 0 Å². The molecule has 2 heteroatoms. The van der Waals surface area contributed by atoms with E-state index in [0.717, 1.165) is 18.9 Å². The van der Waals surface area contributed by atoms with Gasteiger partial charge in [0.25, 0.3) is 0 Å². The first-order valence-corrected chi connectivity index (χ1v) is 6.23. The normalized spacial score (nSPS) is 19.1. The van der Waals surface area contributed by atoms with Gasteiger partial charge in [-0.1, -0.05) is 26.2 Å². The first-order valence-electron chi connectivity index (χ1n) is 6.23. The standard InChI is InChI=1S/C12H25NO/c1-2-13(10-6-7-11-14)12-8-4-3-5-9-12/h12,14H,2-11H2,1H3. The molecule has 0 radical (unpaired) electrons. The van der Waals surface area contributed by atoms with Gasteiger partial charge >= 0.3 is 0 Å². The molecule has 0 spiro atoms. The van der Waals surface area contributed by atoms with Crippen LogP contribution in [0.3, 0.4) is 0 Å². The summed E-state index contributed by atoms with van der Waals surface area (Å²) in [4.78, 5) is 2.61. The molecule has 1 N–H and O–H groups in total. The quantitative estimate of drug-likeness (QED) is 0.664. The van der Waals surface area contributed by atoms with Gasteiger partial charge in [-0.3, -0.25) is 0 Å². The Morgan fingerprint density at radius 2 is 1.86 bits per heavy atom. The van der Waals surface area contributed by atoms with Crippen LogP contribution in [-0.4, -0.2) is 35.7 Å². The maximum Gasteiger partial charge on any atom is 0.0431 e. The fourth-order valence-corrected chi connectivity index (χ4v) is 2.47. The number of nitrogens with zero attached hydrogens (tertiary/aromatic N) is 1. The van der Waals surface area contributed by atoms with Crippen molar-refractivity contribution in [1.29, 1.82) is 0 Å². The third kappa shape index (κ3) is 3.97. The zero-order valence-electron chi connectivity index (χ0n) is 9.54. The van der Waals surface area contributed by atoms with E-state index in [9.17, 15) is 0 Å². The maximum absolute atomic E-state index is 8.74. The lowest BCUT2D eigenvalue weighted by atomic mass is 9.94. The van der Waals surface area contributed by atoms with E-state index in [-0.39, 0.29) is 0 Å². The molecule has 0 aromatic carbocycles. The Labute approximate surface area is 88.3 Å². The summed E-state index contributed by atoms with van der Waals surface area (Å²) in [7, 11) is 0. The molecule has 0 aromatic rings. The van der Waals surface area contributed by atoms with Crippen molar-refractivity contribution in [2.75, 3.05) is 19.7 Å². The van der Waals surface area contributed by atoms with Gasteiger partial charge in [0.05, 0.1) is 0 Å². The van der Waals surface area contributed by atoms with Gasteiger partial charge in [-0.2, -0.15) is 0 Å². The summed E-state index contributed by atoms with van der Waals surface area (Å²) >= 11 is 0. The second-order valence-electron chi connectivity index (χ2n) is 4.35. The van der Waals surface area contributed by atoms with Crippen LogP contribution in [0, 0.1) is 0 Å². The molecule has 1 aliphatic carbocycles. The first kappa shape index (κ1) is 12.0. The van der Waals surface area contributed by atoms with Gasteiger partial charge < -0.3 is 10.0 Å². The van der Waals surface area contributed by atoms with Crippen LogP contribution in [0.5, 0.6) is 0 Å². The lowest BCUT2D eigenvalue weighted by molar-refractivity contribution is 0.156. The predicted molar refractivity (Wildman–Crippen MR) is 60.4 cm³/mol. The highest BCUT2D eigenvalue weighted by molar-refractivity contribution is 4.74. The monoisotopic (exact) mass is 199 g/mol. The van der Waals surface area contributed by atoms with Crippen molar-refractivity contribution >= 4 is 0 Å². The highest BCUT2D eigenvalue weighted by atomic mass is 16.2. The molecule has 1 aliphatic rings. The lowest BCUT2D eigenvalue weighted by Gasteiger charge is -2.33. The van der Waals surface area contributed by atoms with E-state index in [1.54, 1.807) is 0 Å². The number of unbranched alkanes of at least 4 members (excludes halogenated alkanes) is 1. The Morgan fingerprint density at radius 3 is 2.43 bits per heavy atom. The molecular weight excluding hydrogens is 174 g/mol. The molecule has 0 aromatic heterocycles. The molecule has 0 unspecified atom stereocenters. The van der Waals surface area contributed by atoms with E-state index in [1.807, 2.05) is 0 Å². The summed E-state index contributed by atoms with van der Waals surface area (Å²) in [6, 6.07) is 0.840. The molecule has 2 nitrogen and oxygen atoms in total. The summed E-state index contributed by atoms with van der Waals surface area (Å²) in [6.45, 7) is 4.97. The van der Waals surface area contributed by atoms with E-state index in [4.69, 9.17) is 5.11 Å². The smallest absolute Gasteiger partial charge is 0.0431 e. The Morgan fingerprint density at radius 1 is 1.14 bits per heavy atom. The second-order valence-corrected chi connectivity index (χ2v) is 4.35. The highest BCUT2D eigenvalue weighted by Crippen LogP contribution is 2.22. The fourth-order valence-electron chi connectivity index (χ4n) is 2.47.